The Morgan fingerprint density at radius 1 is 1.25 bits per heavy atom. The normalized spacial score (nSPS) is 10.6. The van der Waals surface area contributed by atoms with Crippen LogP contribution in [0.15, 0.2) is 48.8 Å². The van der Waals surface area contributed by atoms with E-state index >= 15 is 0 Å². The van der Waals surface area contributed by atoms with Crippen molar-refractivity contribution in [2.45, 2.75) is 6.61 Å². The van der Waals surface area contributed by atoms with Crippen molar-refractivity contribution in [2.75, 3.05) is 0 Å². The predicted octanol–water partition coefficient (Wildman–Crippen LogP) is 2.01. The molecule has 100 valence electrons. The number of aromatic carboxylic acids is 1. The molecule has 0 aliphatic rings. The first-order valence-corrected chi connectivity index (χ1v) is 5.98. The Morgan fingerprint density at radius 2 is 2.05 bits per heavy atom. The van der Waals surface area contributed by atoms with Crippen LogP contribution >= 0.6 is 0 Å². The quantitative estimate of drug-likeness (QED) is 0.784. The van der Waals surface area contributed by atoms with Gasteiger partial charge in [0.2, 0.25) is 0 Å². The second kappa shape index (κ2) is 5.00. The fraction of sp³-hybridized carbons (Fsp3) is 0.0714. The van der Waals surface area contributed by atoms with Gasteiger partial charge in [-0.25, -0.2) is 14.3 Å². The first kappa shape index (κ1) is 12.2. The lowest BCUT2D eigenvalue weighted by molar-refractivity contribution is 0.0685. The lowest BCUT2D eigenvalue weighted by atomic mass is 10.2. The Labute approximate surface area is 114 Å². The van der Waals surface area contributed by atoms with Crippen molar-refractivity contribution in [1.29, 1.82) is 0 Å². The van der Waals surface area contributed by atoms with Crippen LogP contribution in [0.3, 0.4) is 0 Å². The van der Waals surface area contributed by atoms with Gasteiger partial charge in [0, 0.05) is 6.07 Å². The summed E-state index contributed by atoms with van der Waals surface area (Å²) in [5.41, 5.74) is 1.30. The van der Waals surface area contributed by atoms with Crippen molar-refractivity contribution < 1.29 is 14.6 Å². The van der Waals surface area contributed by atoms with Crippen LogP contribution in [0.2, 0.25) is 0 Å². The number of hydrogen-bond donors (Lipinski definition) is 1. The maximum atomic E-state index is 11.2. The molecule has 3 rings (SSSR count). The minimum Gasteiger partial charge on any atom is -0.485 e. The summed E-state index contributed by atoms with van der Waals surface area (Å²) in [7, 11) is 0. The van der Waals surface area contributed by atoms with Gasteiger partial charge in [0.25, 0.3) is 0 Å². The number of nitrogens with zero attached hydrogens (tertiary/aromatic N) is 3. The standard InChI is InChI=1S/C14H11N3O3/c18-14(19)13-11(8-17-12(16-13)6-7-15-17)20-9-10-4-2-1-3-5-10/h1-8H,9H2,(H,18,19). The lowest BCUT2D eigenvalue weighted by Gasteiger charge is -2.09. The van der Waals surface area contributed by atoms with Gasteiger partial charge in [-0.05, 0) is 5.56 Å². The summed E-state index contributed by atoms with van der Waals surface area (Å²) >= 11 is 0. The van der Waals surface area contributed by atoms with Crippen LogP contribution < -0.4 is 4.74 Å². The predicted molar refractivity (Wildman–Crippen MR) is 70.7 cm³/mol. The lowest BCUT2D eigenvalue weighted by Crippen LogP contribution is -2.08. The van der Waals surface area contributed by atoms with Crippen LogP contribution in [-0.2, 0) is 6.61 Å². The van der Waals surface area contributed by atoms with E-state index in [1.165, 1.54) is 10.7 Å². The minimum atomic E-state index is -1.13. The molecular formula is C14H11N3O3. The molecule has 0 fully saturated rings. The summed E-state index contributed by atoms with van der Waals surface area (Å²) in [5, 5.41) is 13.2. The molecule has 0 saturated carbocycles. The van der Waals surface area contributed by atoms with Crippen LogP contribution in [0.25, 0.3) is 5.65 Å². The molecule has 20 heavy (non-hydrogen) atoms. The number of aromatic nitrogens is 3. The zero-order valence-corrected chi connectivity index (χ0v) is 10.4. The highest BCUT2D eigenvalue weighted by Gasteiger charge is 2.15. The van der Waals surface area contributed by atoms with E-state index in [-0.39, 0.29) is 18.1 Å². The monoisotopic (exact) mass is 269 g/mol. The van der Waals surface area contributed by atoms with Crippen molar-refractivity contribution in [2.24, 2.45) is 0 Å². The van der Waals surface area contributed by atoms with Crippen molar-refractivity contribution in [3.05, 3.63) is 60.0 Å². The Bertz CT molecular complexity index is 753. The average Bonchev–Trinajstić information content (AvgIpc) is 2.92. The van der Waals surface area contributed by atoms with Crippen LogP contribution in [0, 0.1) is 0 Å². The van der Waals surface area contributed by atoms with E-state index in [2.05, 4.69) is 10.1 Å². The van der Waals surface area contributed by atoms with Crippen LogP contribution in [0.4, 0.5) is 0 Å². The third kappa shape index (κ3) is 2.31. The average molecular weight is 269 g/mol. The van der Waals surface area contributed by atoms with Gasteiger partial charge in [0.1, 0.15) is 6.61 Å². The number of fused-ring (bicyclic) bond motifs is 1. The van der Waals surface area contributed by atoms with Crippen LogP contribution in [0.5, 0.6) is 5.75 Å². The first-order chi connectivity index (χ1) is 9.74. The van der Waals surface area contributed by atoms with E-state index < -0.39 is 5.97 Å². The minimum absolute atomic E-state index is 0.117. The topological polar surface area (TPSA) is 76.7 Å². The molecule has 2 heterocycles. The van der Waals surface area contributed by atoms with Gasteiger partial charge in [0.15, 0.2) is 17.1 Å². The molecule has 0 atom stereocenters. The molecule has 0 spiro atoms. The van der Waals surface area contributed by atoms with Gasteiger partial charge in [-0.15, -0.1) is 0 Å². The molecule has 0 unspecified atom stereocenters. The molecule has 0 radical (unpaired) electrons. The number of hydrogen-bond acceptors (Lipinski definition) is 4. The Morgan fingerprint density at radius 3 is 2.80 bits per heavy atom. The van der Waals surface area contributed by atoms with E-state index in [4.69, 9.17) is 4.74 Å². The zero-order valence-electron chi connectivity index (χ0n) is 10.4. The van der Waals surface area contributed by atoms with E-state index in [1.807, 2.05) is 30.3 Å². The van der Waals surface area contributed by atoms with Gasteiger partial charge in [0.05, 0.1) is 12.4 Å². The SMILES string of the molecule is O=C(O)c1nc2ccnn2cc1OCc1ccccc1. The summed E-state index contributed by atoms with van der Waals surface area (Å²) in [5.74, 6) is -0.936. The van der Waals surface area contributed by atoms with Crippen molar-refractivity contribution in [3.8, 4) is 5.75 Å². The van der Waals surface area contributed by atoms with Crippen LogP contribution in [0.1, 0.15) is 16.1 Å². The molecule has 0 aliphatic heterocycles. The largest absolute Gasteiger partial charge is 0.485 e. The van der Waals surface area contributed by atoms with Crippen molar-refractivity contribution in [1.82, 2.24) is 14.6 Å². The number of benzene rings is 1. The van der Waals surface area contributed by atoms with Gasteiger partial charge >= 0.3 is 5.97 Å². The molecule has 3 aromatic rings. The number of ether oxygens (including phenoxy) is 1. The molecule has 0 aliphatic carbocycles. The Hall–Kier alpha value is -2.89. The van der Waals surface area contributed by atoms with E-state index in [1.54, 1.807) is 12.3 Å². The van der Waals surface area contributed by atoms with Gasteiger partial charge in [-0.3, -0.25) is 0 Å². The highest BCUT2D eigenvalue weighted by Crippen LogP contribution is 2.18. The molecule has 0 amide bonds. The maximum Gasteiger partial charge on any atom is 0.358 e. The number of carbonyl (C=O) groups is 1. The summed E-state index contributed by atoms with van der Waals surface area (Å²) in [4.78, 5) is 15.2. The Balaban J connectivity index is 1.92. The summed E-state index contributed by atoms with van der Waals surface area (Å²) in [6, 6.07) is 11.1. The molecular weight excluding hydrogens is 258 g/mol. The van der Waals surface area contributed by atoms with E-state index in [0.29, 0.717) is 5.65 Å². The van der Waals surface area contributed by atoms with Gasteiger partial charge in [-0.1, -0.05) is 30.3 Å². The fourth-order valence-electron chi connectivity index (χ4n) is 1.83. The molecule has 2 aromatic heterocycles. The van der Waals surface area contributed by atoms with Crippen molar-refractivity contribution >= 4 is 11.6 Å². The highest BCUT2D eigenvalue weighted by molar-refractivity contribution is 5.89. The third-order valence-corrected chi connectivity index (χ3v) is 2.79. The second-order valence-electron chi connectivity index (χ2n) is 4.17. The highest BCUT2D eigenvalue weighted by atomic mass is 16.5. The third-order valence-electron chi connectivity index (χ3n) is 2.79. The maximum absolute atomic E-state index is 11.2. The molecule has 0 bridgehead atoms. The number of rotatable bonds is 4. The Kier molecular flexibility index (Phi) is 3.04. The second-order valence-corrected chi connectivity index (χ2v) is 4.17. The smallest absolute Gasteiger partial charge is 0.358 e. The first-order valence-electron chi connectivity index (χ1n) is 5.98. The summed E-state index contributed by atoms with van der Waals surface area (Å²) in [6.07, 6.45) is 3.07. The summed E-state index contributed by atoms with van der Waals surface area (Å²) in [6.45, 7) is 0.273. The number of carboxylic acid groups (broad SMARTS) is 1. The molecule has 6 nitrogen and oxygen atoms in total. The van der Waals surface area contributed by atoms with E-state index in [0.717, 1.165) is 5.56 Å². The van der Waals surface area contributed by atoms with Crippen molar-refractivity contribution in [3.63, 3.8) is 0 Å². The summed E-state index contributed by atoms with van der Waals surface area (Å²) < 4.78 is 7.04. The molecule has 0 saturated heterocycles. The fourth-order valence-corrected chi connectivity index (χ4v) is 1.83. The van der Waals surface area contributed by atoms with Crippen LogP contribution in [-0.4, -0.2) is 25.7 Å². The van der Waals surface area contributed by atoms with Gasteiger partial charge < -0.3 is 9.84 Å². The zero-order chi connectivity index (χ0) is 13.9. The van der Waals surface area contributed by atoms with Gasteiger partial charge in [-0.2, -0.15) is 5.10 Å². The molecule has 6 heteroatoms. The van der Waals surface area contributed by atoms with E-state index in [9.17, 15) is 9.90 Å². The molecule has 1 aromatic carbocycles. The number of carboxylic acids is 1. The molecule has 1 N–H and O–H groups in total.